The molecule has 13 heavy (non-hydrogen) atoms. The Balaban J connectivity index is 2.42. The summed E-state index contributed by atoms with van der Waals surface area (Å²) in [7, 11) is 4.08. The highest BCUT2D eigenvalue weighted by Crippen LogP contribution is 2.18. The average molecular weight is 249 g/mol. The second-order valence-corrected chi connectivity index (χ2v) is 4.96. The summed E-state index contributed by atoms with van der Waals surface area (Å²) in [5.74, 6) is 0.244. The van der Waals surface area contributed by atoms with E-state index < -0.39 is 0 Å². The van der Waals surface area contributed by atoms with Crippen LogP contribution in [-0.2, 0) is 4.79 Å². The summed E-state index contributed by atoms with van der Waals surface area (Å²) in [6.45, 7) is 3.87. The van der Waals surface area contributed by atoms with E-state index in [2.05, 4.69) is 27.8 Å². The van der Waals surface area contributed by atoms with Crippen molar-refractivity contribution in [1.82, 2.24) is 9.80 Å². The van der Waals surface area contributed by atoms with Gasteiger partial charge in [0, 0.05) is 19.1 Å². The highest BCUT2D eigenvalue weighted by Gasteiger charge is 2.30. The molecule has 0 aromatic rings. The smallest absolute Gasteiger partial charge is 0.236 e. The standard InChI is InChI=1S/C9H17BrN2O/c1-7(11(2)3)6-12-5-4-8(10)9(12)13/h7-8H,4-6H2,1-3H3. The van der Waals surface area contributed by atoms with Gasteiger partial charge in [-0.1, -0.05) is 15.9 Å². The van der Waals surface area contributed by atoms with Gasteiger partial charge in [-0.3, -0.25) is 4.79 Å². The minimum atomic E-state index is 0.0573. The second-order valence-electron chi connectivity index (χ2n) is 3.85. The summed E-state index contributed by atoms with van der Waals surface area (Å²) in [6, 6.07) is 0.432. The third-order valence-corrected chi connectivity index (χ3v) is 3.45. The van der Waals surface area contributed by atoms with Crippen LogP contribution in [0.1, 0.15) is 13.3 Å². The van der Waals surface area contributed by atoms with E-state index in [1.54, 1.807) is 0 Å². The van der Waals surface area contributed by atoms with Crippen molar-refractivity contribution in [3.8, 4) is 0 Å². The average Bonchev–Trinajstić information content (AvgIpc) is 2.36. The fourth-order valence-electron chi connectivity index (χ4n) is 1.36. The molecule has 0 bridgehead atoms. The van der Waals surface area contributed by atoms with Crippen LogP contribution in [0, 0.1) is 0 Å². The molecular weight excluding hydrogens is 232 g/mol. The zero-order valence-corrected chi connectivity index (χ0v) is 10.0. The van der Waals surface area contributed by atoms with Crippen molar-refractivity contribution in [3.63, 3.8) is 0 Å². The number of carbonyl (C=O) groups is 1. The molecule has 1 saturated heterocycles. The number of hydrogen-bond donors (Lipinski definition) is 0. The lowest BCUT2D eigenvalue weighted by molar-refractivity contribution is -0.127. The molecular formula is C9H17BrN2O. The van der Waals surface area contributed by atoms with Gasteiger partial charge in [-0.25, -0.2) is 0 Å². The lowest BCUT2D eigenvalue weighted by Crippen LogP contribution is -2.40. The Morgan fingerprint density at radius 1 is 1.69 bits per heavy atom. The van der Waals surface area contributed by atoms with Crippen LogP contribution in [0.25, 0.3) is 0 Å². The molecule has 0 saturated carbocycles. The first kappa shape index (κ1) is 11.0. The zero-order valence-electron chi connectivity index (χ0n) is 8.46. The Morgan fingerprint density at radius 2 is 2.31 bits per heavy atom. The fraction of sp³-hybridized carbons (Fsp3) is 0.889. The maximum Gasteiger partial charge on any atom is 0.236 e. The first-order valence-electron chi connectivity index (χ1n) is 4.61. The van der Waals surface area contributed by atoms with Crippen LogP contribution in [-0.4, -0.2) is 53.8 Å². The Labute approximate surface area is 88.2 Å². The number of nitrogens with zero attached hydrogens (tertiary/aromatic N) is 2. The van der Waals surface area contributed by atoms with Gasteiger partial charge in [0.15, 0.2) is 0 Å². The number of amides is 1. The molecule has 4 heteroatoms. The summed E-state index contributed by atoms with van der Waals surface area (Å²) < 4.78 is 0. The Bertz CT molecular complexity index is 196. The molecule has 0 radical (unpaired) electrons. The predicted molar refractivity (Wildman–Crippen MR) is 57.1 cm³/mol. The van der Waals surface area contributed by atoms with Gasteiger partial charge >= 0.3 is 0 Å². The topological polar surface area (TPSA) is 23.6 Å². The maximum atomic E-state index is 11.5. The van der Waals surface area contributed by atoms with Gasteiger partial charge in [0.2, 0.25) is 5.91 Å². The van der Waals surface area contributed by atoms with E-state index in [1.807, 2.05) is 19.0 Å². The van der Waals surface area contributed by atoms with E-state index in [0.717, 1.165) is 19.5 Å². The largest absolute Gasteiger partial charge is 0.340 e. The summed E-state index contributed by atoms with van der Waals surface area (Å²) >= 11 is 3.37. The zero-order chi connectivity index (χ0) is 10.0. The van der Waals surface area contributed by atoms with E-state index >= 15 is 0 Å². The van der Waals surface area contributed by atoms with Crippen molar-refractivity contribution in [2.75, 3.05) is 27.2 Å². The van der Waals surface area contributed by atoms with Crippen LogP contribution in [0.4, 0.5) is 0 Å². The summed E-state index contributed by atoms with van der Waals surface area (Å²) in [5, 5.41) is 0. The Kier molecular flexibility index (Phi) is 3.74. The van der Waals surface area contributed by atoms with E-state index in [-0.39, 0.29) is 10.7 Å². The number of likely N-dealkylation sites (N-methyl/N-ethyl adjacent to an activating group) is 1. The third-order valence-electron chi connectivity index (χ3n) is 2.60. The van der Waals surface area contributed by atoms with Crippen molar-refractivity contribution in [1.29, 1.82) is 0 Å². The molecule has 1 aliphatic rings. The van der Waals surface area contributed by atoms with E-state index in [9.17, 15) is 4.79 Å². The van der Waals surface area contributed by atoms with Crippen molar-refractivity contribution in [2.45, 2.75) is 24.2 Å². The van der Waals surface area contributed by atoms with Crippen LogP contribution in [0.3, 0.4) is 0 Å². The van der Waals surface area contributed by atoms with Gasteiger partial charge in [-0.2, -0.15) is 0 Å². The molecule has 0 aliphatic carbocycles. The summed E-state index contributed by atoms with van der Waals surface area (Å²) in [5.41, 5.74) is 0. The molecule has 1 rings (SSSR count). The first-order chi connectivity index (χ1) is 6.02. The molecule has 2 unspecified atom stereocenters. The molecule has 2 atom stereocenters. The fourth-order valence-corrected chi connectivity index (χ4v) is 1.86. The summed E-state index contributed by atoms with van der Waals surface area (Å²) in [4.78, 5) is 15.6. The number of hydrogen-bond acceptors (Lipinski definition) is 2. The molecule has 76 valence electrons. The van der Waals surface area contributed by atoms with Crippen LogP contribution in [0.5, 0.6) is 0 Å². The lowest BCUT2D eigenvalue weighted by Gasteiger charge is -2.25. The van der Waals surface area contributed by atoms with Crippen LogP contribution in [0.2, 0.25) is 0 Å². The molecule has 3 nitrogen and oxygen atoms in total. The van der Waals surface area contributed by atoms with Crippen LogP contribution < -0.4 is 0 Å². The third kappa shape index (κ3) is 2.68. The summed E-state index contributed by atoms with van der Waals surface area (Å²) in [6.07, 6.45) is 0.943. The van der Waals surface area contributed by atoms with Gasteiger partial charge in [0.1, 0.15) is 0 Å². The normalized spacial score (nSPS) is 25.8. The number of rotatable bonds is 3. The van der Waals surface area contributed by atoms with Crippen LogP contribution in [0.15, 0.2) is 0 Å². The van der Waals surface area contributed by atoms with Gasteiger partial charge in [0.05, 0.1) is 4.83 Å². The second kappa shape index (κ2) is 4.42. The molecule has 1 heterocycles. The minimum Gasteiger partial charge on any atom is -0.340 e. The van der Waals surface area contributed by atoms with Crippen molar-refractivity contribution >= 4 is 21.8 Å². The SMILES string of the molecule is CC(CN1CCC(Br)C1=O)N(C)C. The predicted octanol–water partition coefficient (Wildman–Crippen LogP) is 0.932. The Morgan fingerprint density at radius 3 is 2.69 bits per heavy atom. The van der Waals surface area contributed by atoms with E-state index in [0.29, 0.717) is 6.04 Å². The molecule has 1 amide bonds. The van der Waals surface area contributed by atoms with Gasteiger partial charge in [-0.15, -0.1) is 0 Å². The van der Waals surface area contributed by atoms with E-state index in [1.165, 1.54) is 0 Å². The number of carbonyl (C=O) groups excluding carboxylic acids is 1. The molecule has 0 aromatic carbocycles. The lowest BCUT2D eigenvalue weighted by atomic mass is 10.3. The van der Waals surface area contributed by atoms with Crippen molar-refractivity contribution in [3.05, 3.63) is 0 Å². The Hall–Kier alpha value is -0.0900. The minimum absolute atomic E-state index is 0.0573. The molecule has 0 N–H and O–H groups in total. The van der Waals surface area contributed by atoms with Crippen LogP contribution >= 0.6 is 15.9 Å². The monoisotopic (exact) mass is 248 g/mol. The first-order valence-corrected chi connectivity index (χ1v) is 5.53. The maximum absolute atomic E-state index is 11.5. The van der Waals surface area contributed by atoms with Gasteiger partial charge < -0.3 is 9.80 Å². The van der Waals surface area contributed by atoms with Crippen molar-refractivity contribution in [2.24, 2.45) is 0 Å². The number of halogens is 1. The quantitative estimate of drug-likeness (QED) is 0.695. The number of alkyl halides is 1. The molecule has 0 aromatic heterocycles. The highest BCUT2D eigenvalue weighted by molar-refractivity contribution is 9.10. The van der Waals surface area contributed by atoms with Crippen molar-refractivity contribution < 1.29 is 4.79 Å². The van der Waals surface area contributed by atoms with Gasteiger partial charge in [0.25, 0.3) is 0 Å². The van der Waals surface area contributed by atoms with E-state index in [4.69, 9.17) is 0 Å². The number of likely N-dealkylation sites (tertiary alicyclic amines) is 1. The molecule has 1 aliphatic heterocycles. The highest BCUT2D eigenvalue weighted by atomic mass is 79.9. The molecule has 0 spiro atoms. The van der Waals surface area contributed by atoms with Gasteiger partial charge in [-0.05, 0) is 27.4 Å². The molecule has 1 fully saturated rings.